The average molecular weight is 354 g/mol. The average Bonchev–Trinajstić information content (AvgIpc) is 2.77. The molecule has 0 aromatic heterocycles. The fourth-order valence-electron chi connectivity index (χ4n) is 2.73. The Morgan fingerprint density at radius 2 is 2.14 bits per heavy atom. The highest BCUT2D eigenvalue weighted by molar-refractivity contribution is 9.10. The Bertz CT molecular complexity index is 589. The molecule has 0 spiro atoms. The van der Waals surface area contributed by atoms with E-state index >= 15 is 0 Å². The Balaban J connectivity index is 2.44. The molecule has 1 aromatic carbocycles. The van der Waals surface area contributed by atoms with Gasteiger partial charge in [-0.05, 0) is 34.5 Å². The van der Waals surface area contributed by atoms with E-state index in [0.29, 0.717) is 10.0 Å². The van der Waals surface area contributed by atoms with E-state index in [1.54, 1.807) is 24.3 Å². The van der Waals surface area contributed by atoms with Gasteiger partial charge in [0, 0.05) is 17.4 Å². The van der Waals surface area contributed by atoms with Gasteiger partial charge < -0.3 is 15.1 Å². The summed E-state index contributed by atoms with van der Waals surface area (Å²) in [6, 6.07) is 6.82. The highest BCUT2D eigenvalue weighted by Gasteiger charge is 2.52. The summed E-state index contributed by atoms with van der Waals surface area (Å²) in [7, 11) is 0. The quantitative estimate of drug-likeness (QED) is 0.812. The van der Waals surface area contributed by atoms with E-state index in [1.165, 1.54) is 11.0 Å². The zero-order valence-corrected chi connectivity index (χ0v) is 12.9. The Hall–Kier alpha value is -1.66. The Morgan fingerprint density at radius 3 is 2.71 bits per heavy atom. The highest BCUT2D eigenvalue weighted by Crippen LogP contribution is 2.35. The summed E-state index contributed by atoms with van der Waals surface area (Å²) in [6.45, 7) is 3.57. The van der Waals surface area contributed by atoms with Crippen molar-refractivity contribution in [2.45, 2.75) is 24.5 Å². The number of amides is 1. The van der Waals surface area contributed by atoms with Gasteiger partial charge in [-0.25, -0.2) is 4.79 Å². The number of benzene rings is 1. The van der Waals surface area contributed by atoms with Crippen LogP contribution in [0.4, 0.5) is 0 Å². The first-order valence-corrected chi connectivity index (χ1v) is 7.30. The van der Waals surface area contributed by atoms with Crippen LogP contribution in [0.15, 0.2) is 41.4 Å². The molecule has 1 aromatic rings. The number of aliphatic carboxylic acids is 1. The van der Waals surface area contributed by atoms with Crippen molar-refractivity contribution in [2.24, 2.45) is 0 Å². The standard InChI is InChI=1S/C15H16BrNO4/c1-2-7-15(14(20)21)8-10(18)9-17(15)13(19)11-5-3-4-6-12(11)16/h2-6,10,18H,1,7-9H2,(H,20,21)/t10-,15-/m1/s1. The number of carbonyl (C=O) groups is 2. The van der Waals surface area contributed by atoms with Crippen molar-refractivity contribution in [2.75, 3.05) is 6.54 Å². The third kappa shape index (κ3) is 2.73. The van der Waals surface area contributed by atoms with Crippen molar-refractivity contribution >= 4 is 27.8 Å². The summed E-state index contributed by atoms with van der Waals surface area (Å²) < 4.78 is 0.592. The Kier molecular flexibility index (Phi) is 4.49. The van der Waals surface area contributed by atoms with Crippen molar-refractivity contribution in [3.63, 3.8) is 0 Å². The first-order chi connectivity index (χ1) is 9.92. The molecular weight excluding hydrogens is 338 g/mol. The lowest BCUT2D eigenvalue weighted by atomic mass is 9.91. The second-order valence-corrected chi connectivity index (χ2v) is 5.94. The van der Waals surface area contributed by atoms with Crippen molar-refractivity contribution in [3.8, 4) is 0 Å². The summed E-state index contributed by atoms with van der Waals surface area (Å²) in [5.74, 6) is -1.54. The number of β-amino-alcohol motifs (C(OH)–C–C–N with tert-alkyl or cyclic N) is 1. The number of aliphatic hydroxyl groups is 1. The molecule has 112 valence electrons. The Morgan fingerprint density at radius 1 is 1.48 bits per heavy atom. The van der Waals surface area contributed by atoms with E-state index in [2.05, 4.69) is 22.5 Å². The van der Waals surface area contributed by atoms with Crippen LogP contribution in [0.25, 0.3) is 0 Å². The number of nitrogens with zero attached hydrogens (tertiary/aromatic N) is 1. The second kappa shape index (κ2) is 5.99. The molecule has 2 rings (SSSR count). The first-order valence-electron chi connectivity index (χ1n) is 6.51. The molecule has 0 aliphatic carbocycles. The van der Waals surface area contributed by atoms with Gasteiger partial charge in [0.15, 0.2) is 0 Å². The molecule has 1 fully saturated rings. The number of carboxylic acid groups (broad SMARTS) is 1. The summed E-state index contributed by atoms with van der Waals surface area (Å²) in [5.41, 5.74) is -1.06. The van der Waals surface area contributed by atoms with Gasteiger partial charge in [0.05, 0.1) is 11.7 Å². The van der Waals surface area contributed by atoms with Crippen molar-refractivity contribution in [1.29, 1.82) is 0 Å². The minimum absolute atomic E-state index is 0.000305. The molecule has 21 heavy (non-hydrogen) atoms. The van der Waals surface area contributed by atoms with Crippen LogP contribution in [0.2, 0.25) is 0 Å². The third-order valence-electron chi connectivity index (χ3n) is 3.71. The molecule has 1 heterocycles. The lowest BCUT2D eigenvalue weighted by Gasteiger charge is -2.33. The van der Waals surface area contributed by atoms with E-state index in [4.69, 9.17) is 0 Å². The number of likely N-dealkylation sites (tertiary alicyclic amines) is 1. The van der Waals surface area contributed by atoms with E-state index in [1.807, 2.05) is 0 Å². The second-order valence-electron chi connectivity index (χ2n) is 5.08. The molecule has 1 saturated heterocycles. The highest BCUT2D eigenvalue weighted by atomic mass is 79.9. The number of carbonyl (C=O) groups excluding carboxylic acids is 1. The number of rotatable bonds is 4. The van der Waals surface area contributed by atoms with Gasteiger partial charge in [-0.15, -0.1) is 6.58 Å². The summed E-state index contributed by atoms with van der Waals surface area (Å²) in [6.07, 6.45) is 0.708. The minimum atomic E-state index is -1.44. The number of halogens is 1. The lowest BCUT2D eigenvalue weighted by molar-refractivity contribution is -0.148. The molecule has 5 nitrogen and oxygen atoms in total. The van der Waals surface area contributed by atoms with Crippen LogP contribution in [0, 0.1) is 0 Å². The van der Waals surface area contributed by atoms with Crippen LogP contribution >= 0.6 is 15.9 Å². The maximum absolute atomic E-state index is 12.7. The van der Waals surface area contributed by atoms with Crippen LogP contribution in [0.3, 0.4) is 0 Å². The number of carboxylic acids is 1. The number of hydrogen-bond acceptors (Lipinski definition) is 3. The summed E-state index contributed by atoms with van der Waals surface area (Å²) in [4.78, 5) is 25.7. The molecule has 0 bridgehead atoms. The molecule has 1 aliphatic heterocycles. The van der Waals surface area contributed by atoms with E-state index in [9.17, 15) is 19.8 Å². The molecule has 0 radical (unpaired) electrons. The molecule has 1 amide bonds. The summed E-state index contributed by atoms with van der Waals surface area (Å²) >= 11 is 3.30. The van der Waals surface area contributed by atoms with E-state index < -0.39 is 23.5 Å². The largest absolute Gasteiger partial charge is 0.479 e. The van der Waals surface area contributed by atoms with Gasteiger partial charge in [0.2, 0.25) is 0 Å². The minimum Gasteiger partial charge on any atom is -0.479 e. The van der Waals surface area contributed by atoms with Crippen LogP contribution in [-0.2, 0) is 4.79 Å². The molecular formula is C15H16BrNO4. The van der Waals surface area contributed by atoms with Gasteiger partial charge in [0.1, 0.15) is 5.54 Å². The molecule has 6 heteroatoms. The van der Waals surface area contributed by atoms with Gasteiger partial charge >= 0.3 is 5.97 Å². The van der Waals surface area contributed by atoms with Crippen LogP contribution in [-0.4, -0.2) is 45.2 Å². The zero-order chi connectivity index (χ0) is 15.6. The predicted molar refractivity (Wildman–Crippen MR) is 81.0 cm³/mol. The normalized spacial score (nSPS) is 24.9. The van der Waals surface area contributed by atoms with Crippen LogP contribution < -0.4 is 0 Å². The fourth-order valence-corrected chi connectivity index (χ4v) is 3.18. The molecule has 2 atom stereocenters. The Labute approximate surface area is 131 Å². The summed E-state index contributed by atoms with van der Waals surface area (Å²) in [5, 5.41) is 19.5. The topological polar surface area (TPSA) is 77.8 Å². The number of aliphatic hydroxyl groups excluding tert-OH is 1. The van der Waals surface area contributed by atoms with Crippen molar-refractivity contribution in [1.82, 2.24) is 4.90 Å². The fraction of sp³-hybridized carbons (Fsp3) is 0.333. The lowest BCUT2D eigenvalue weighted by Crippen LogP contribution is -2.52. The van der Waals surface area contributed by atoms with Crippen molar-refractivity contribution in [3.05, 3.63) is 47.0 Å². The third-order valence-corrected chi connectivity index (χ3v) is 4.40. The monoisotopic (exact) mass is 353 g/mol. The SMILES string of the molecule is C=CC[C@]1(C(=O)O)C[C@@H](O)CN1C(=O)c1ccccc1Br. The van der Waals surface area contributed by atoms with E-state index in [0.717, 1.165) is 0 Å². The maximum atomic E-state index is 12.7. The van der Waals surface area contributed by atoms with Gasteiger partial charge in [0.25, 0.3) is 5.91 Å². The smallest absolute Gasteiger partial charge is 0.330 e. The molecule has 1 aliphatic rings. The van der Waals surface area contributed by atoms with Crippen LogP contribution in [0.1, 0.15) is 23.2 Å². The first kappa shape index (κ1) is 15.7. The maximum Gasteiger partial charge on any atom is 0.330 e. The zero-order valence-electron chi connectivity index (χ0n) is 11.3. The van der Waals surface area contributed by atoms with Gasteiger partial charge in [-0.3, -0.25) is 4.79 Å². The molecule has 0 unspecified atom stereocenters. The molecule has 2 N–H and O–H groups in total. The van der Waals surface area contributed by atoms with E-state index in [-0.39, 0.29) is 19.4 Å². The van der Waals surface area contributed by atoms with Gasteiger partial charge in [-0.2, -0.15) is 0 Å². The molecule has 0 saturated carbocycles. The van der Waals surface area contributed by atoms with Crippen molar-refractivity contribution < 1.29 is 19.8 Å². The van der Waals surface area contributed by atoms with Gasteiger partial charge in [-0.1, -0.05) is 18.2 Å². The van der Waals surface area contributed by atoms with Crippen LogP contribution in [0.5, 0.6) is 0 Å². The number of hydrogen-bond donors (Lipinski definition) is 2. The predicted octanol–water partition coefficient (Wildman–Crippen LogP) is 2.06.